The predicted molar refractivity (Wildman–Crippen MR) is 95.8 cm³/mol. The molecule has 6 heteroatoms. The van der Waals surface area contributed by atoms with Gasteiger partial charge in [0.1, 0.15) is 11.3 Å². The van der Waals surface area contributed by atoms with E-state index in [9.17, 15) is 4.79 Å². The molecule has 1 aliphatic heterocycles. The summed E-state index contributed by atoms with van der Waals surface area (Å²) in [6.45, 7) is 3.69. The number of hydrogen-bond donors (Lipinski definition) is 1. The van der Waals surface area contributed by atoms with Crippen LogP contribution in [0.3, 0.4) is 0 Å². The minimum atomic E-state index is -0.166. The Labute approximate surface area is 146 Å². The molecule has 0 spiro atoms. The smallest absolute Gasteiger partial charge is 0.271 e. The van der Waals surface area contributed by atoms with Crippen LogP contribution in [0.15, 0.2) is 54.9 Å². The second-order valence-corrected chi connectivity index (χ2v) is 6.00. The van der Waals surface area contributed by atoms with E-state index < -0.39 is 0 Å². The number of fused-ring (bicyclic) bond motifs is 1. The fraction of sp³-hybridized carbons (Fsp3) is 0.263. The molecule has 1 aliphatic rings. The van der Waals surface area contributed by atoms with Gasteiger partial charge >= 0.3 is 0 Å². The number of carbonyl (C=O) groups is 1. The largest absolute Gasteiger partial charge is 0.378 e. The molecule has 1 saturated heterocycles. The Morgan fingerprint density at radius 1 is 1.12 bits per heavy atom. The van der Waals surface area contributed by atoms with Gasteiger partial charge in [-0.2, -0.15) is 0 Å². The molecule has 0 unspecified atom stereocenters. The molecular weight excluding hydrogens is 316 g/mol. The van der Waals surface area contributed by atoms with Crippen molar-refractivity contribution in [2.24, 2.45) is 0 Å². The van der Waals surface area contributed by atoms with Gasteiger partial charge in [0.15, 0.2) is 0 Å². The molecule has 0 atom stereocenters. The number of pyridine rings is 1. The molecule has 0 bridgehead atoms. The predicted octanol–water partition coefficient (Wildman–Crippen LogP) is 2.10. The number of para-hydroxylation sites is 1. The Morgan fingerprint density at radius 3 is 2.76 bits per heavy atom. The Balaban J connectivity index is 1.48. The van der Waals surface area contributed by atoms with Crippen LogP contribution in [0.25, 0.3) is 5.65 Å². The number of hydrogen-bond acceptors (Lipinski definition) is 4. The molecule has 128 valence electrons. The van der Waals surface area contributed by atoms with Crippen LogP contribution >= 0.6 is 0 Å². The maximum absolute atomic E-state index is 12.5. The van der Waals surface area contributed by atoms with Crippen molar-refractivity contribution in [3.63, 3.8) is 0 Å². The van der Waals surface area contributed by atoms with Gasteiger partial charge in [-0.1, -0.05) is 24.3 Å². The summed E-state index contributed by atoms with van der Waals surface area (Å²) >= 11 is 0. The third-order valence-electron chi connectivity index (χ3n) is 4.38. The highest BCUT2D eigenvalue weighted by molar-refractivity contribution is 5.92. The normalized spacial score (nSPS) is 14.6. The van der Waals surface area contributed by atoms with Gasteiger partial charge in [0.2, 0.25) is 0 Å². The number of ether oxygens (including phenoxy) is 1. The van der Waals surface area contributed by atoms with Crippen molar-refractivity contribution >= 4 is 17.2 Å². The monoisotopic (exact) mass is 336 g/mol. The minimum absolute atomic E-state index is 0.166. The van der Waals surface area contributed by atoms with E-state index in [1.54, 1.807) is 6.20 Å². The van der Waals surface area contributed by atoms with Crippen molar-refractivity contribution in [2.45, 2.75) is 6.54 Å². The van der Waals surface area contributed by atoms with Crippen molar-refractivity contribution in [1.29, 1.82) is 0 Å². The summed E-state index contributed by atoms with van der Waals surface area (Å²) < 4.78 is 7.27. The first-order valence-corrected chi connectivity index (χ1v) is 8.44. The molecule has 1 N–H and O–H groups in total. The summed E-state index contributed by atoms with van der Waals surface area (Å²) in [5, 5.41) is 2.98. The number of aromatic nitrogens is 2. The lowest BCUT2D eigenvalue weighted by Gasteiger charge is -2.30. The number of imidazole rings is 1. The van der Waals surface area contributed by atoms with Crippen LogP contribution in [0.5, 0.6) is 0 Å². The number of anilines is 1. The molecule has 6 nitrogen and oxygen atoms in total. The number of nitrogens with one attached hydrogen (secondary N) is 1. The molecular formula is C19H20N4O2. The highest BCUT2D eigenvalue weighted by atomic mass is 16.5. The lowest BCUT2D eigenvalue weighted by atomic mass is 10.1. The van der Waals surface area contributed by atoms with Gasteiger partial charge in [-0.05, 0) is 23.8 Å². The average Bonchev–Trinajstić information content (AvgIpc) is 3.11. The number of amides is 1. The van der Waals surface area contributed by atoms with Crippen molar-refractivity contribution < 1.29 is 9.53 Å². The van der Waals surface area contributed by atoms with Gasteiger partial charge in [-0.15, -0.1) is 0 Å². The topological polar surface area (TPSA) is 58.9 Å². The van der Waals surface area contributed by atoms with Crippen molar-refractivity contribution in [3.05, 3.63) is 66.1 Å². The van der Waals surface area contributed by atoms with Crippen molar-refractivity contribution in [2.75, 3.05) is 31.2 Å². The van der Waals surface area contributed by atoms with Crippen LogP contribution in [0.4, 0.5) is 5.69 Å². The summed E-state index contributed by atoms with van der Waals surface area (Å²) in [4.78, 5) is 19.1. The Hall–Kier alpha value is -2.86. The average molecular weight is 336 g/mol. The molecule has 0 aliphatic carbocycles. The van der Waals surface area contributed by atoms with E-state index in [0.29, 0.717) is 12.2 Å². The third-order valence-corrected chi connectivity index (χ3v) is 4.38. The van der Waals surface area contributed by atoms with Gasteiger partial charge in [-0.25, -0.2) is 4.98 Å². The fourth-order valence-corrected chi connectivity index (χ4v) is 3.08. The van der Waals surface area contributed by atoms with Crippen molar-refractivity contribution in [3.8, 4) is 0 Å². The maximum atomic E-state index is 12.5. The van der Waals surface area contributed by atoms with E-state index in [1.165, 1.54) is 0 Å². The Kier molecular flexibility index (Phi) is 4.35. The van der Waals surface area contributed by atoms with E-state index in [-0.39, 0.29) is 5.91 Å². The Morgan fingerprint density at radius 2 is 1.92 bits per heavy atom. The van der Waals surface area contributed by atoms with Crippen LogP contribution in [-0.4, -0.2) is 41.6 Å². The minimum Gasteiger partial charge on any atom is -0.378 e. The van der Waals surface area contributed by atoms with E-state index in [4.69, 9.17) is 4.74 Å². The summed E-state index contributed by atoms with van der Waals surface area (Å²) in [6.07, 6.45) is 3.63. The lowest BCUT2D eigenvalue weighted by Crippen LogP contribution is -2.37. The van der Waals surface area contributed by atoms with E-state index in [1.807, 2.05) is 40.9 Å². The van der Waals surface area contributed by atoms with Crippen LogP contribution in [0.1, 0.15) is 16.1 Å². The number of morpholine rings is 1. The maximum Gasteiger partial charge on any atom is 0.271 e. The van der Waals surface area contributed by atoms with Crippen LogP contribution in [-0.2, 0) is 11.3 Å². The molecule has 2 aromatic heterocycles. The first-order chi connectivity index (χ1) is 12.3. The van der Waals surface area contributed by atoms with Gasteiger partial charge in [0.25, 0.3) is 5.91 Å². The highest BCUT2D eigenvalue weighted by Gasteiger charge is 2.16. The number of carbonyl (C=O) groups excluding carboxylic acids is 1. The molecule has 3 heterocycles. The van der Waals surface area contributed by atoms with E-state index >= 15 is 0 Å². The Bertz CT molecular complexity index is 851. The molecule has 1 amide bonds. The van der Waals surface area contributed by atoms with Crippen molar-refractivity contribution in [1.82, 2.24) is 14.7 Å². The number of rotatable bonds is 4. The zero-order valence-corrected chi connectivity index (χ0v) is 13.9. The lowest BCUT2D eigenvalue weighted by molar-refractivity contribution is 0.0946. The molecule has 4 rings (SSSR count). The highest BCUT2D eigenvalue weighted by Crippen LogP contribution is 2.21. The molecule has 1 fully saturated rings. The number of nitrogens with zero attached hydrogens (tertiary/aromatic N) is 3. The van der Waals surface area contributed by atoms with Gasteiger partial charge in [0, 0.05) is 37.7 Å². The first-order valence-electron chi connectivity index (χ1n) is 8.44. The molecule has 3 aromatic rings. The quantitative estimate of drug-likeness (QED) is 0.793. The summed E-state index contributed by atoms with van der Waals surface area (Å²) in [5.74, 6) is -0.166. The zero-order valence-electron chi connectivity index (χ0n) is 13.9. The standard InChI is InChI=1S/C19H20N4O2/c24-19(16-14-23-8-4-3-7-18(23)21-16)20-13-15-5-1-2-6-17(15)22-9-11-25-12-10-22/h1-8,14H,9-13H2,(H,20,24). The second kappa shape index (κ2) is 6.94. The summed E-state index contributed by atoms with van der Waals surface area (Å²) in [5.41, 5.74) is 3.44. The van der Waals surface area contributed by atoms with Gasteiger partial charge < -0.3 is 19.4 Å². The SMILES string of the molecule is O=C(NCc1ccccc1N1CCOCC1)c1cn2ccccc2n1. The fourth-order valence-electron chi connectivity index (χ4n) is 3.08. The van der Waals surface area contributed by atoms with E-state index in [0.717, 1.165) is 43.2 Å². The molecule has 0 saturated carbocycles. The van der Waals surface area contributed by atoms with Crippen LogP contribution in [0, 0.1) is 0 Å². The van der Waals surface area contributed by atoms with Crippen LogP contribution in [0.2, 0.25) is 0 Å². The third kappa shape index (κ3) is 3.34. The molecule has 1 aromatic carbocycles. The molecule has 0 radical (unpaired) electrons. The van der Waals surface area contributed by atoms with E-state index in [2.05, 4.69) is 27.3 Å². The van der Waals surface area contributed by atoms with Crippen LogP contribution < -0.4 is 10.2 Å². The summed E-state index contributed by atoms with van der Waals surface area (Å²) in [6, 6.07) is 13.9. The molecule has 25 heavy (non-hydrogen) atoms. The summed E-state index contributed by atoms with van der Waals surface area (Å²) in [7, 11) is 0. The first kappa shape index (κ1) is 15.7. The second-order valence-electron chi connectivity index (χ2n) is 6.00. The van der Waals surface area contributed by atoms with Gasteiger partial charge in [-0.3, -0.25) is 4.79 Å². The van der Waals surface area contributed by atoms with Gasteiger partial charge in [0.05, 0.1) is 13.2 Å². The zero-order chi connectivity index (χ0) is 17.1. The number of benzene rings is 1.